The van der Waals surface area contributed by atoms with Crippen LogP contribution in [0, 0.1) is 0 Å². The zero-order valence-electron chi connectivity index (χ0n) is 10.6. The highest BCUT2D eigenvalue weighted by Crippen LogP contribution is 2.26. The second-order valence-electron chi connectivity index (χ2n) is 4.34. The van der Waals surface area contributed by atoms with E-state index in [2.05, 4.69) is 18.2 Å². The van der Waals surface area contributed by atoms with Crippen molar-refractivity contribution in [2.45, 2.75) is 11.8 Å². The molecule has 0 fully saturated rings. The minimum absolute atomic E-state index is 0.0110. The van der Waals surface area contributed by atoms with Crippen molar-refractivity contribution in [2.24, 2.45) is 0 Å². The van der Waals surface area contributed by atoms with Crippen molar-refractivity contribution in [1.82, 2.24) is 0 Å². The van der Waals surface area contributed by atoms with Crippen LogP contribution in [0.3, 0.4) is 0 Å². The summed E-state index contributed by atoms with van der Waals surface area (Å²) in [5, 5.41) is -0.0110. The predicted octanol–water partition coefficient (Wildman–Crippen LogP) is 5.68. The lowest BCUT2D eigenvalue weighted by molar-refractivity contribution is 0.957. The lowest BCUT2D eigenvalue weighted by Gasteiger charge is -2.09. The summed E-state index contributed by atoms with van der Waals surface area (Å²) >= 11 is 12.4. The molecule has 0 radical (unpaired) electrons. The summed E-state index contributed by atoms with van der Waals surface area (Å²) in [7, 11) is 0. The third-order valence-corrected chi connectivity index (χ3v) is 3.74. The van der Waals surface area contributed by atoms with Gasteiger partial charge >= 0.3 is 0 Å². The number of hydrogen-bond acceptors (Lipinski definition) is 0. The molecule has 2 aromatic carbocycles. The molecule has 1 unspecified atom stereocenters. The average molecular weight is 291 g/mol. The maximum absolute atomic E-state index is 6.41. The molecule has 0 amide bonds. The Kier molecular flexibility index (Phi) is 5.50. The Morgan fingerprint density at radius 1 is 0.947 bits per heavy atom. The van der Waals surface area contributed by atoms with Crippen molar-refractivity contribution < 1.29 is 0 Å². The average Bonchev–Trinajstić information content (AvgIpc) is 2.49. The fourth-order valence-electron chi connectivity index (χ4n) is 1.95. The summed E-state index contributed by atoms with van der Waals surface area (Å²) in [5.74, 6) is 0.502. The first-order valence-corrected chi connectivity index (χ1v) is 7.28. The third kappa shape index (κ3) is 4.12. The smallest absolute Gasteiger partial charge is 0.0619 e. The van der Waals surface area contributed by atoms with Gasteiger partial charge in [0.2, 0.25) is 0 Å². The van der Waals surface area contributed by atoms with Gasteiger partial charge in [0, 0.05) is 5.88 Å². The third-order valence-electron chi connectivity index (χ3n) is 3.02. The largest absolute Gasteiger partial charge is 0.122 e. The van der Waals surface area contributed by atoms with Crippen LogP contribution >= 0.6 is 23.2 Å². The van der Waals surface area contributed by atoms with Crippen molar-refractivity contribution in [1.29, 1.82) is 0 Å². The minimum atomic E-state index is -0.0110. The molecule has 0 bridgehead atoms. The van der Waals surface area contributed by atoms with Crippen molar-refractivity contribution in [2.75, 3.05) is 5.88 Å². The van der Waals surface area contributed by atoms with Gasteiger partial charge in [-0.3, -0.25) is 0 Å². The van der Waals surface area contributed by atoms with E-state index in [1.807, 2.05) is 48.5 Å². The number of rotatable bonds is 5. The van der Waals surface area contributed by atoms with E-state index in [1.54, 1.807) is 0 Å². The maximum Gasteiger partial charge on any atom is 0.0619 e. The molecule has 0 saturated heterocycles. The number of benzene rings is 2. The quantitative estimate of drug-likeness (QED) is 0.622. The van der Waals surface area contributed by atoms with Crippen molar-refractivity contribution in [3.05, 3.63) is 77.9 Å². The van der Waals surface area contributed by atoms with E-state index in [0.717, 1.165) is 23.1 Å². The van der Waals surface area contributed by atoms with Crippen LogP contribution in [-0.4, -0.2) is 5.88 Å². The van der Waals surface area contributed by atoms with Crippen LogP contribution in [0.15, 0.2) is 66.7 Å². The zero-order chi connectivity index (χ0) is 13.5. The Labute approximate surface area is 124 Å². The second kappa shape index (κ2) is 7.37. The second-order valence-corrected chi connectivity index (χ2v) is 5.14. The van der Waals surface area contributed by atoms with E-state index in [1.165, 1.54) is 0 Å². The number of alkyl halides is 2. The summed E-state index contributed by atoms with van der Waals surface area (Å²) in [4.78, 5) is 0. The monoisotopic (exact) mass is 290 g/mol. The number of allylic oxidation sites excluding steroid dienone is 2. The first kappa shape index (κ1) is 14.2. The lowest BCUT2D eigenvalue weighted by atomic mass is 10.0. The van der Waals surface area contributed by atoms with E-state index >= 15 is 0 Å². The molecule has 0 N–H and O–H groups in total. The molecule has 2 rings (SSSR count). The predicted molar refractivity (Wildman–Crippen MR) is 84.8 cm³/mol. The molecule has 2 aromatic rings. The van der Waals surface area contributed by atoms with Gasteiger partial charge in [-0.05, 0) is 23.1 Å². The number of hydrogen-bond donors (Lipinski definition) is 0. The van der Waals surface area contributed by atoms with Crippen LogP contribution in [0.1, 0.15) is 22.9 Å². The van der Waals surface area contributed by atoms with E-state index in [4.69, 9.17) is 23.2 Å². The topological polar surface area (TPSA) is 0 Å². The highest BCUT2D eigenvalue weighted by atomic mass is 35.5. The van der Waals surface area contributed by atoms with Gasteiger partial charge in [0.05, 0.1) is 5.38 Å². The molecule has 0 aliphatic heterocycles. The molecule has 0 saturated carbocycles. The zero-order valence-corrected chi connectivity index (χ0v) is 12.1. The van der Waals surface area contributed by atoms with Crippen LogP contribution in [0.5, 0.6) is 0 Å². The summed E-state index contributed by atoms with van der Waals surface area (Å²) in [6.45, 7) is 0. The Morgan fingerprint density at radius 3 is 2.11 bits per heavy atom. The summed E-state index contributed by atoms with van der Waals surface area (Å²) in [6.07, 6.45) is 2.91. The highest BCUT2D eigenvalue weighted by Gasteiger charge is 2.06. The van der Waals surface area contributed by atoms with E-state index in [9.17, 15) is 0 Å². The molecule has 0 aromatic heterocycles. The van der Waals surface area contributed by atoms with E-state index in [-0.39, 0.29) is 5.38 Å². The van der Waals surface area contributed by atoms with Crippen LogP contribution < -0.4 is 0 Å². The van der Waals surface area contributed by atoms with Gasteiger partial charge in [-0.15, -0.1) is 23.2 Å². The Morgan fingerprint density at radius 2 is 1.53 bits per heavy atom. The molecular weight excluding hydrogens is 275 g/mol. The molecular formula is C17H16Cl2. The molecule has 98 valence electrons. The van der Waals surface area contributed by atoms with Gasteiger partial charge in [0.15, 0.2) is 0 Å². The van der Waals surface area contributed by atoms with Gasteiger partial charge in [0.1, 0.15) is 0 Å². The Balaban J connectivity index is 2.08. The molecule has 1 atom stereocenters. The Hall–Kier alpha value is -1.24. The lowest BCUT2D eigenvalue weighted by Crippen LogP contribution is -1.91. The fraction of sp³-hybridized carbons (Fsp3) is 0.176. The fourth-order valence-corrected chi connectivity index (χ4v) is 2.44. The summed E-state index contributed by atoms with van der Waals surface area (Å²) in [5.41, 5.74) is 3.43. The molecule has 19 heavy (non-hydrogen) atoms. The standard InChI is InChI=1S/C17H16Cl2/c18-13-16(14-7-3-1-4-8-14)11-12-17(19)15-9-5-2-6-10-15/h1-11,17H,12-13H2/b16-11+. The molecule has 0 nitrogen and oxygen atoms in total. The molecule has 0 heterocycles. The van der Waals surface area contributed by atoms with E-state index in [0.29, 0.717) is 5.88 Å². The van der Waals surface area contributed by atoms with Gasteiger partial charge in [0.25, 0.3) is 0 Å². The molecule has 0 spiro atoms. The van der Waals surface area contributed by atoms with Crippen molar-refractivity contribution >= 4 is 28.8 Å². The minimum Gasteiger partial charge on any atom is -0.122 e. The molecule has 2 heteroatoms. The maximum atomic E-state index is 6.41. The first-order valence-electron chi connectivity index (χ1n) is 6.30. The van der Waals surface area contributed by atoms with Gasteiger partial charge in [-0.25, -0.2) is 0 Å². The normalized spacial score (nSPS) is 13.3. The van der Waals surface area contributed by atoms with Gasteiger partial charge in [-0.2, -0.15) is 0 Å². The van der Waals surface area contributed by atoms with Crippen molar-refractivity contribution in [3.8, 4) is 0 Å². The first-order chi connectivity index (χ1) is 9.31. The molecule has 0 aliphatic rings. The molecule has 0 aliphatic carbocycles. The highest BCUT2D eigenvalue weighted by molar-refractivity contribution is 6.23. The summed E-state index contributed by atoms with van der Waals surface area (Å²) < 4.78 is 0. The van der Waals surface area contributed by atoms with Crippen LogP contribution in [0.25, 0.3) is 5.57 Å². The Bertz CT molecular complexity index is 517. The van der Waals surface area contributed by atoms with Crippen LogP contribution in [0.2, 0.25) is 0 Å². The van der Waals surface area contributed by atoms with Crippen molar-refractivity contribution in [3.63, 3.8) is 0 Å². The van der Waals surface area contributed by atoms with Crippen LogP contribution in [0.4, 0.5) is 0 Å². The number of halogens is 2. The SMILES string of the molecule is ClC/C(=C\CC(Cl)c1ccccc1)c1ccccc1. The summed E-state index contributed by atoms with van der Waals surface area (Å²) in [6, 6.07) is 20.3. The van der Waals surface area contributed by atoms with Gasteiger partial charge in [-0.1, -0.05) is 66.7 Å². The van der Waals surface area contributed by atoms with Crippen LogP contribution in [-0.2, 0) is 0 Å². The van der Waals surface area contributed by atoms with Gasteiger partial charge < -0.3 is 0 Å². The van der Waals surface area contributed by atoms with E-state index < -0.39 is 0 Å².